The number of nitro benzene ring substituents is 1. The van der Waals surface area contributed by atoms with E-state index in [1.807, 2.05) is 12.3 Å². The van der Waals surface area contributed by atoms with Gasteiger partial charge in [0, 0.05) is 31.1 Å². The molecule has 1 amide bonds. The molecule has 1 aromatic carbocycles. The maximum Gasteiger partial charge on any atom is 0.269 e. The molecule has 1 saturated heterocycles. The first-order valence-corrected chi connectivity index (χ1v) is 7.84. The first kappa shape index (κ1) is 18.9. The van der Waals surface area contributed by atoms with E-state index in [0.717, 1.165) is 18.7 Å². The van der Waals surface area contributed by atoms with Crippen LogP contribution in [0.3, 0.4) is 0 Å². The second-order valence-electron chi connectivity index (χ2n) is 5.84. The number of carbonyl (C=O) groups excluding carboxylic acids is 1. The third-order valence-corrected chi connectivity index (χ3v) is 4.40. The Bertz CT molecular complexity index is 712. The molecular formula is C16H20ClN5O3. The maximum absolute atomic E-state index is 12.9. The second kappa shape index (κ2) is 8.09. The average molecular weight is 366 g/mol. The number of nitrogens with zero attached hydrogens (tertiary/aromatic N) is 3. The summed E-state index contributed by atoms with van der Waals surface area (Å²) in [5.74, 6) is -0.0777. The Morgan fingerprint density at radius 1 is 1.32 bits per heavy atom. The first-order valence-electron chi connectivity index (χ1n) is 7.84. The third-order valence-electron chi connectivity index (χ3n) is 4.40. The summed E-state index contributed by atoms with van der Waals surface area (Å²) < 4.78 is 1.74. The van der Waals surface area contributed by atoms with Crippen molar-refractivity contribution < 1.29 is 9.72 Å². The Morgan fingerprint density at radius 3 is 2.56 bits per heavy atom. The van der Waals surface area contributed by atoms with E-state index >= 15 is 0 Å². The molecule has 2 heterocycles. The van der Waals surface area contributed by atoms with Crippen molar-refractivity contribution in [3.8, 4) is 0 Å². The minimum absolute atomic E-state index is 0. The lowest BCUT2D eigenvalue weighted by molar-refractivity contribution is -0.384. The zero-order valence-corrected chi connectivity index (χ0v) is 14.4. The number of nitro groups is 1. The third kappa shape index (κ3) is 3.97. The van der Waals surface area contributed by atoms with Crippen LogP contribution in [-0.4, -0.2) is 33.7 Å². The molecule has 1 aliphatic heterocycles. The summed E-state index contributed by atoms with van der Waals surface area (Å²) in [6.45, 7) is 1.84. The number of hydrogen-bond donors (Lipinski definition) is 2. The van der Waals surface area contributed by atoms with Crippen molar-refractivity contribution >= 4 is 24.0 Å². The van der Waals surface area contributed by atoms with E-state index in [2.05, 4.69) is 15.7 Å². The standard InChI is InChI=1S/C16H19N5O3.ClH/c22-15(18-12-13-2-4-14(5-3-13)21(23)24)16(6-9-17-10-7-16)20-11-1-8-19-20;/h1-5,8,11,17H,6-7,9-10,12H2,(H,18,22);1H. The fraction of sp³-hybridized carbons (Fsp3) is 0.375. The van der Waals surface area contributed by atoms with E-state index in [9.17, 15) is 14.9 Å². The normalized spacial score (nSPS) is 15.8. The molecule has 3 rings (SSSR count). The van der Waals surface area contributed by atoms with Crippen molar-refractivity contribution in [3.63, 3.8) is 0 Å². The molecule has 0 aliphatic carbocycles. The van der Waals surface area contributed by atoms with E-state index in [0.29, 0.717) is 19.4 Å². The molecule has 0 bridgehead atoms. The van der Waals surface area contributed by atoms with E-state index in [-0.39, 0.29) is 24.0 Å². The number of nitrogens with one attached hydrogen (secondary N) is 2. The molecule has 9 heteroatoms. The number of carbonyl (C=O) groups is 1. The van der Waals surface area contributed by atoms with Crippen molar-refractivity contribution in [3.05, 3.63) is 58.4 Å². The van der Waals surface area contributed by atoms with E-state index in [1.165, 1.54) is 12.1 Å². The number of rotatable bonds is 5. The molecule has 0 saturated carbocycles. The molecule has 1 aromatic heterocycles. The topological polar surface area (TPSA) is 102 Å². The van der Waals surface area contributed by atoms with Crippen molar-refractivity contribution in [2.45, 2.75) is 24.9 Å². The molecule has 0 radical (unpaired) electrons. The number of piperidine rings is 1. The predicted molar refractivity (Wildman–Crippen MR) is 94.5 cm³/mol. The molecular weight excluding hydrogens is 346 g/mol. The van der Waals surface area contributed by atoms with Gasteiger partial charge in [0.15, 0.2) is 0 Å². The highest BCUT2D eigenvalue weighted by Gasteiger charge is 2.41. The molecule has 0 atom stereocenters. The number of benzene rings is 1. The summed E-state index contributed by atoms with van der Waals surface area (Å²) in [6.07, 6.45) is 4.83. The van der Waals surface area contributed by atoms with Gasteiger partial charge in [-0.15, -0.1) is 12.4 Å². The van der Waals surface area contributed by atoms with Gasteiger partial charge in [0.05, 0.1) is 4.92 Å². The van der Waals surface area contributed by atoms with E-state index in [4.69, 9.17) is 0 Å². The lowest BCUT2D eigenvalue weighted by Gasteiger charge is -2.36. The fourth-order valence-corrected chi connectivity index (χ4v) is 3.00. The van der Waals surface area contributed by atoms with Crippen molar-refractivity contribution in [2.24, 2.45) is 0 Å². The highest BCUT2D eigenvalue weighted by atomic mass is 35.5. The van der Waals surface area contributed by atoms with Crippen LogP contribution in [0.5, 0.6) is 0 Å². The van der Waals surface area contributed by atoms with Gasteiger partial charge in [-0.25, -0.2) is 0 Å². The average Bonchev–Trinajstić information content (AvgIpc) is 3.15. The van der Waals surface area contributed by atoms with Crippen LogP contribution < -0.4 is 10.6 Å². The maximum atomic E-state index is 12.9. The number of non-ortho nitro benzene ring substituents is 1. The van der Waals surface area contributed by atoms with Gasteiger partial charge in [-0.1, -0.05) is 12.1 Å². The zero-order valence-electron chi connectivity index (χ0n) is 13.6. The molecule has 0 unspecified atom stereocenters. The molecule has 0 spiro atoms. The van der Waals surface area contributed by atoms with E-state index < -0.39 is 10.5 Å². The number of aromatic nitrogens is 2. The number of amides is 1. The monoisotopic (exact) mass is 365 g/mol. The first-order chi connectivity index (χ1) is 11.6. The van der Waals surface area contributed by atoms with Crippen LogP contribution in [0.2, 0.25) is 0 Å². The Hall–Kier alpha value is -2.45. The van der Waals surface area contributed by atoms with Crippen LogP contribution in [0.4, 0.5) is 5.69 Å². The van der Waals surface area contributed by atoms with Crippen LogP contribution in [-0.2, 0) is 16.9 Å². The van der Waals surface area contributed by atoms with Crippen LogP contribution >= 0.6 is 12.4 Å². The molecule has 1 aliphatic rings. The van der Waals surface area contributed by atoms with Gasteiger partial charge < -0.3 is 10.6 Å². The van der Waals surface area contributed by atoms with Crippen molar-refractivity contribution in [1.82, 2.24) is 20.4 Å². The fourth-order valence-electron chi connectivity index (χ4n) is 3.00. The molecule has 2 aromatic rings. The highest BCUT2D eigenvalue weighted by molar-refractivity contribution is 5.85. The van der Waals surface area contributed by atoms with Gasteiger partial charge in [0.1, 0.15) is 5.54 Å². The lowest BCUT2D eigenvalue weighted by Crippen LogP contribution is -2.54. The van der Waals surface area contributed by atoms with Gasteiger partial charge in [0.25, 0.3) is 5.69 Å². The van der Waals surface area contributed by atoms with Crippen molar-refractivity contribution in [2.75, 3.05) is 13.1 Å². The highest BCUT2D eigenvalue weighted by Crippen LogP contribution is 2.27. The molecule has 25 heavy (non-hydrogen) atoms. The van der Waals surface area contributed by atoms with Gasteiger partial charge in [-0.2, -0.15) is 5.10 Å². The number of hydrogen-bond acceptors (Lipinski definition) is 5. The Kier molecular flexibility index (Phi) is 6.11. The summed E-state index contributed by atoms with van der Waals surface area (Å²) in [5.41, 5.74) is 0.171. The Morgan fingerprint density at radius 2 is 2.00 bits per heavy atom. The number of halogens is 1. The largest absolute Gasteiger partial charge is 0.350 e. The summed E-state index contributed by atoms with van der Waals surface area (Å²) in [6, 6.07) is 8.00. The second-order valence-corrected chi connectivity index (χ2v) is 5.84. The van der Waals surface area contributed by atoms with Crippen LogP contribution in [0.1, 0.15) is 18.4 Å². The minimum atomic E-state index is -0.685. The zero-order chi connectivity index (χ0) is 17.0. The van der Waals surface area contributed by atoms with Gasteiger partial charge in [0.2, 0.25) is 5.91 Å². The van der Waals surface area contributed by atoms with Crippen molar-refractivity contribution in [1.29, 1.82) is 0 Å². The van der Waals surface area contributed by atoms with E-state index in [1.54, 1.807) is 23.0 Å². The van der Waals surface area contributed by atoms with Gasteiger partial charge in [-0.05, 0) is 37.6 Å². The predicted octanol–water partition coefficient (Wildman–Crippen LogP) is 1.61. The summed E-state index contributed by atoms with van der Waals surface area (Å²) in [5, 5.41) is 21.2. The SMILES string of the molecule is Cl.O=C(NCc1ccc([N+](=O)[O-])cc1)C1(n2cccn2)CCNCC1. The Balaban J connectivity index is 0.00000225. The molecule has 1 fully saturated rings. The Labute approximate surface area is 151 Å². The summed E-state index contributed by atoms with van der Waals surface area (Å²) in [4.78, 5) is 23.1. The molecule has 134 valence electrons. The van der Waals surface area contributed by atoms with Gasteiger partial charge in [-0.3, -0.25) is 19.6 Å². The van der Waals surface area contributed by atoms with Crippen LogP contribution in [0.15, 0.2) is 42.7 Å². The summed E-state index contributed by atoms with van der Waals surface area (Å²) in [7, 11) is 0. The molecule has 8 nitrogen and oxygen atoms in total. The van der Waals surface area contributed by atoms with Crippen LogP contribution in [0, 0.1) is 10.1 Å². The smallest absolute Gasteiger partial charge is 0.269 e. The van der Waals surface area contributed by atoms with Gasteiger partial charge >= 0.3 is 0 Å². The van der Waals surface area contributed by atoms with Crippen LogP contribution in [0.25, 0.3) is 0 Å². The molecule has 2 N–H and O–H groups in total. The summed E-state index contributed by atoms with van der Waals surface area (Å²) >= 11 is 0. The minimum Gasteiger partial charge on any atom is -0.350 e. The lowest BCUT2D eigenvalue weighted by atomic mass is 9.87. The quantitative estimate of drug-likeness (QED) is 0.619.